The van der Waals surface area contributed by atoms with E-state index < -0.39 is 102 Å². The number of halogens is 10. The number of urea groups is 1. The number of methoxy groups -OCH3 is 2. The van der Waals surface area contributed by atoms with Gasteiger partial charge >= 0.3 is 56.0 Å². The molecule has 1 unspecified atom stereocenters. The molecule has 0 fully saturated rings. The number of amides is 2. The summed E-state index contributed by atoms with van der Waals surface area (Å²) in [5.74, 6) is -4.19. The first kappa shape index (κ1) is 66.8. The van der Waals surface area contributed by atoms with Crippen LogP contribution in [0.1, 0.15) is 53.0 Å². The van der Waals surface area contributed by atoms with E-state index in [1.807, 2.05) is 0 Å². The molecule has 24 nitrogen and oxygen atoms in total. The van der Waals surface area contributed by atoms with Crippen LogP contribution < -0.4 is 30.5 Å². The second-order valence-electron chi connectivity index (χ2n) is 14.6. The molecular formula is C41H44Cl4F6N9O15PS. The molecule has 77 heavy (non-hydrogen) atoms. The van der Waals surface area contributed by atoms with Gasteiger partial charge in [0.25, 0.3) is 10.0 Å². The minimum absolute atomic E-state index is 0.0424. The van der Waals surface area contributed by atoms with Crippen molar-refractivity contribution < 1.29 is 92.7 Å². The standard InChI is InChI=1S/C15H14Cl2F3N3O3.C15H16F3N5O4S.C8H6Cl2O3.C3H8NO5P/c1-3-26-13(24)10(17)4-8-5-12(11(18)6-9(8)16)23-15(25)22(14(19)20)7(2)21-23;1-9-19-12(22-14(20-9)27-2)21-13(24)23-28(25,26)11-6-4-3-5-10(11)7-8-15(16,17)18;1-13-7-5(10)3-2-4(9)6(7)8(11)12;5-3(6)1-4-2-10(7,8)9/h5-6,10,14H,3-4H2,1-2H3;3-6H,7-8H2,1-2H3,(H2,19,20,21,22,23,24);2-3H,1H3,(H,11,12);4H,1-2H2,(H,5,6)(H2,7,8,9). The van der Waals surface area contributed by atoms with Crippen LogP contribution in [-0.2, 0) is 41.8 Å². The maximum absolute atomic E-state index is 14.2. The molecule has 0 spiro atoms. The van der Waals surface area contributed by atoms with E-state index in [0.29, 0.717) is 4.68 Å². The van der Waals surface area contributed by atoms with Crippen molar-refractivity contribution in [2.45, 2.75) is 63.0 Å². The van der Waals surface area contributed by atoms with Crippen LogP contribution in [0.15, 0.2) is 58.2 Å². The summed E-state index contributed by atoms with van der Waals surface area (Å²) in [5, 5.41) is 23.8. The lowest BCUT2D eigenvalue weighted by Gasteiger charge is -2.13. The number of hydrogen-bond acceptors (Lipinski definition) is 16. The van der Waals surface area contributed by atoms with Gasteiger partial charge in [0, 0.05) is 17.9 Å². The number of hydrogen-bond donors (Lipinski definition) is 7. The van der Waals surface area contributed by atoms with Gasteiger partial charge in [0.2, 0.25) is 5.95 Å². The monoisotopic (exact) mass is 1220 g/mol. The number of esters is 1. The zero-order valence-corrected chi connectivity index (χ0v) is 44.8. The second-order valence-corrected chi connectivity index (χ2v) is 19.6. The fraction of sp³-hybridized carbons (Fsp3) is 0.341. The van der Waals surface area contributed by atoms with Crippen LogP contribution in [0.3, 0.4) is 0 Å². The van der Waals surface area contributed by atoms with Crippen molar-refractivity contribution in [2.24, 2.45) is 0 Å². The van der Waals surface area contributed by atoms with Gasteiger partial charge in [-0.2, -0.15) is 41.6 Å². The maximum atomic E-state index is 14.2. The second kappa shape index (κ2) is 30.0. The summed E-state index contributed by atoms with van der Waals surface area (Å²) in [6, 6.07) is 8.73. The first-order valence-corrected chi connectivity index (χ1v) is 25.7. The number of aryl methyl sites for hydroxylation is 3. The topological polar surface area (TPSA) is 343 Å². The van der Waals surface area contributed by atoms with Crippen LogP contribution in [0.5, 0.6) is 11.8 Å². The van der Waals surface area contributed by atoms with E-state index in [4.69, 9.17) is 80.6 Å². The molecule has 5 aromatic rings. The normalized spacial score (nSPS) is 11.6. The third-order valence-electron chi connectivity index (χ3n) is 8.83. The molecule has 1 atom stereocenters. The van der Waals surface area contributed by atoms with Crippen molar-refractivity contribution >= 4 is 93.9 Å². The van der Waals surface area contributed by atoms with E-state index in [0.717, 1.165) is 18.2 Å². The van der Waals surface area contributed by atoms with E-state index in [9.17, 15) is 63.3 Å². The number of nitrogens with one attached hydrogen (secondary N) is 3. The summed E-state index contributed by atoms with van der Waals surface area (Å²) in [7, 11) is -5.90. The number of alkyl halides is 6. The minimum atomic E-state index is -4.45. The Morgan fingerprint density at radius 1 is 0.909 bits per heavy atom. The quantitative estimate of drug-likeness (QED) is 0.0202. The molecule has 7 N–H and O–H groups in total. The number of carboxylic acids is 2. The average Bonchev–Trinajstić information content (AvgIpc) is 3.61. The van der Waals surface area contributed by atoms with Crippen molar-refractivity contribution in [3.63, 3.8) is 0 Å². The molecular weight excluding hydrogens is 1180 g/mol. The Morgan fingerprint density at radius 3 is 2.05 bits per heavy atom. The lowest BCUT2D eigenvalue weighted by molar-refractivity contribution is -0.142. The molecule has 36 heteroatoms. The van der Waals surface area contributed by atoms with Crippen LogP contribution in [0.25, 0.3) is 5.69 Å². The lowest BCUT2D eigenvalue weighted by atomic mass is 10.1. The van der Waals surface area contributed by atoms with Crippen LogP contribution in [0, 0.1) is 19.7 Å². The first-order chi connectivity index (χ1) is 35.7. The average molecular weight is 1220 g/mol. The largest absolute Gasteiger partial charge is 0.494 e. The highest BCUT2D eigenvalue weighted by molar-refractivity contribution is 7.90. The molecule has 0 saturated carbocycles. The highest BCUT2D eigenvalue weighted by Gasteiger charge is 2.29. The number of nitrogens with zero attached hydrogens (tertiary/aromatic N) is 6. The smallest absolute Gasteiger partial charge is 0.389 e. The Balaban J connectivity index is 0.000000379. The SMILES string of the molecule is CCOC(=O)C(Cl)Cc1cc(-n2nc(C)n(C(F)F)c2=O)c(F)cc1Cl.COc1c(Cl)ccc(Cl)c1C(=O)O.COc1nc(C)nc(NC(=O)NS(=O)(=O)c2ccccc2CCC(F)(F)F)n1.O=C(O)CNCP(=O)(O)O. The van der Waals surface area contributed by atoms with Crippen LogP contribution in [0.4, 0.5) is 37.1 Å². The van der Waals surface area contributed by atoms with E-state index in [1.165, 1.54) is 58.4 Å². The number of ether oxygens (including phenoxy) is 3. The molecule has 2 heterocycles. The zero-order valence-electron chi connectivity index (χ0n) is 40.1. The number of benzene rings is 3. The van der Waals surface area contributed by atoms with Gasteiger partial charge in [-0.05, 0) is 68.7 Å². The molecule has 0 saturated heterocycles. The highest BCUT2D eigenvalue weighted by atomic mass is 35.5. The van der Waals surface area contributed by atoms with E-state index in [-0.39, 0.29) is 84.4 Å². The number of carbonyl (C=O) groups excluding carboxylic acids is 2. The minimum Gasteiger partial charge on any atom is -0.494 e. The van der Waals surface area contributed by atoms with Gasteiger partial charge in [-0.3, -0.25) is 24.8 Å². The third kappa shape index (κ3) is 21.9. The summed E-state index contributed by atoms with van der Waals surface area (Å²) >= 11 is 23.3. The zero-order chi connectivity index (χ0) is 58.7. The predicted molar refractivity (Wildman–Crippen MR) is 263 cm³/mol. The van der Waals surface area contributed by atoms with Crippen LogP contribution >= 0.6 is 54.0 Å². The lowest BCUT2D eigenvalue weighted by Crippen LogP contribution is -2.35. The summed E-state index contributed by atoms with van der Waals surface area (Å²) in [6.45, 7) is 0.866. The van der Waals surface area contributed by atoms with E-state index in [1.54, 1.807) is 11.6 Å². The Morgan fingerprint density at radius 2 is 1.53 bits per heavy atom. The number of aromatic carboxylic acids is 1. The number of carboxylic acid groups (broad SMARTS) is 2. The Hall–Kier alpha value is -6.31. The molecule has 2 amide bonds. The summed E-state index contributed by atoms with van der Waals surface area (Å²) in [6.07, 6.45) is -6.91. The van der Waals surface area contributed by atoms with Crippen molar-refractivity contribution in [1.82, 2.24) is 39.3 Å². The third-order valence-corrected chi connectivity index (χ3v) is 12.2. The fourth-order valence-electron chi connectivity index (χ4n) is 5.66. The predicted octanol–water partition coefficient (Wildman–Crippen LogP) is 6.93. The molecule has 0 radical (unpaired) electrons. The van der Waals surface area contributed by atoms with E-state index in [2.05, 4.69) is 30.7 Å². The number of rotatable bonds is 18. The molecule has 2 aromatic heterocycles. The summed E-state index contributed by atoms with van der Waals surface area (Å²) in [5.41, 5.74) is -1.55. The Kier molecular flexibility index (Phi) is 26.0. The number of aliphatic carboxylic acids is 1. The van der Waals surface area contributed by atoms with Crippen molar-refractivity contribution in [2.75, 3.05) is 39.0 Å². The van der Waals surface area contributed by atoms with Crippen molar-refractivity contribution in [3.8, 4) is 17.4 Å². The number of anilines is 1. The number of carbonyl (C=O) groups is 4. The van der Waals surface area contributed by atoms with Crippen LogP contribution in [0.2, 0.25) is 15.1 Å². The number of sulfonamides is 1. The van der Waals surface area contributed by atoms with Gasteiger partial charge in [-0.25, -0.2) is 36.5 Å². The van der Waals surface area contributed by atoms with Gasteiger partial charge < -0.3 is 34.2 Å². The maximum Gasteiger partial charge on any atom is 0.389 e. The van der Waals surface area contributed by atoms with E-state index >= 15 is 0 Å². The van der Waals surface area contributed by atoms with Gasteiger partial charge in [0.15, 0.2) is 11.6 Å². The molecule has 3 aromatic carbocycles. The van der Waals surface area contributed by atoms with Gasteiger partial charge in [-0.1, -0.05) is 53.0 Å². The molecule has 0 bridgehead atoms. The molecule has 424 valence electrons. The van der Waals surface area contributed by atoms with Gasteiger partial charge in [0.05, 0.1) is 48.6 Å². The fourth-order valence-corrected chi connectivity index (χ4v) is 8.17. The molecule has 0 aliphatic heterocycles. The summed E-state index contributed by atoms with van der Waals surface area (Å²) in [4.78, 5) is 83.5. The molecule has 0 aliphatic rings. The molecule has 0 aliphatic carbocycles. The van der Waals surface area contributed by atoms with Crippen molar-refractivity contribution in [3.05, 3.63) is 108 Å². The number of aromatic nitrogens is 6. The Labute approximate surface area is 451 Å². The van der Waals surface area contributed by atoms with Crippen molar-refractivity contribution in [1.29, 1.82) is 0 Å². The van der Waals surface area contributed by atoms with Gasteiger partial charge in [-0.15, -0.1) is 16.7 Å². The molecule has 5 rings (SSSR count). The Bertz CT molecular complexity index is 3120. The highest BCUT2D eigenvalue weighted by Crippen LogP contribution is 2.34. The first-order valence-electron chi connectivity index (χ1n) is 20.9. The van der Waals surface area contributed by atoms with Gasteiger partial charge in [0.1, 0.15) is 28.3 Å². The van der Waals surface area contributed by atoms with Crippen LogP contribution in [-0.4, -0.2) is 127 Å². The summed E-state index contributed by atoms with van der Waals surface area (Å²) < 4.78 is 129.